The maximum absolute atomic E-state index is 13.6. The van der Waals surface area contributed by atoms with Crippen molar-refractivity contribution >= 4 is 53.4 Å². The predicted molar refractivity (Wildman–Crippen MR) is 201 cm³/mol. The number of hydrogen-bond acceptors (Lipinski definition) is 10. The Morgan fingerprint density at radius 3 is 1.28 bits per heavy atom. The van der Waals surface area contributed by atoms with Crippen LogP contribution in [0.25, 0.3) is 0 Å². The second-order valence-corrected chi connectivity index (χ2v) is 13.8. The van der Waals surface area contributed by atoms with Crippen LogP contribution in [0.4, 0.5) is 0 Å². The largest absolute Gasteiger partial charge is 0.481 e. The van der Waals surface area contributed by atoms with Gasteiger partial charge in [-0.25, -0.2) is 4.79 Å². The van der Waals surface area contributed by atoms with Gasteiger partial charge >= 0.3 is 17.9 Å². The van der Waals surface area contributed by atoms with E-state index in [1.165, 1.54) is 13.8 Å². The quantitative estimate of drug-likeness (QED) is 0.0637. The lowest BCUT2D eigenvalue weighted by Gasteiger charge is -2.28. The molecule has 0 bridgehead atoms. The molecule has 19 heteroatoms. The van der Waals surface area contributed by atoms with Crippen LogP contribution in [0.2, 0.25) is 0 Å². The van der Waals surface area contributed by atoms with Crippen LogP contribution in [-0.4, -0.2) is 116 Å². The smallest absolute Gasteiger partial charge is 0.326 e. The van der Waals surface area contributed by atoms with Crippen molar-refractivity contribution in [2.24, 2.45) is 5.92 Å². The number of carboxylic acids is 3. The Kier molecular flexibility index (Phi) is 18.8. The molecule has 2 rings (SSSR count). The molecule has 0 saturated carbocycles. The third-order valence-electron chi connectivity index (χ3n) is 8.30. The zero-order chi connectivity index (χ0) is 42.8. The van der Waals surface area contributed by atoms with E-state index in [4.69, 9.17) is 0 Å². The molecule has 0 heterocycles. The summed E-state index contributed by atoms with van der Waals surface area (Å²) in [5, 5.41) is 53.0. The number of hydrogen-bond donors (Lipinski definition) is 10. The van der Waals surface area contributed by atoms with E-state index in [1.54, 1.807) is 74.5 Å². The first-order valence-electron chi connectivity index (χ1n) is 18.0. The number of carboxylic acid groups (broad SMARTS) is 3. The molecule has 0 radical (unpaired) electrons. The SMILES string of the molecule is CC(=O)N[C@@H](Cc1ccccc1)C(=O)N[C@H](C(=O)N[C@@H](CC(C)C)C(=O)N[C@@H](CC(=O)O)C(=O)N[C@@H](CC(=O)O)C(=O)N[C@@H](Cc1ccccc1)C(=O)O)[C@H](C)O. The number of benzene rings is 2. The number of nitrogens with one attached hydrogen (secondary N) is 6. The fourth-order valence-electron chi connectivity index (χ4n) is 5.56. The van der Waals surface area contributed by atoms with Gasteiger partial charge in [0.25, 0.3) is 0 Å². The predicted octanol–water partition coefficient (Wildman–Crippen LogP) is -1.14. The minimum absolute atomic E-state index is 0.0363. The lowest BCUT2D eigenvalue weighted by atomic mass is 10.0. The molecule has 6 amide bonds. The monoisotopic (exact) mass is 798 g/mol. The molecule has 10 N–H and O–H groups in total. The fourth-order valence-corrected chi connectivity index (χ4v) is 5.56. The number of carbonyl (C=O) groups is 9. The highest BCUT2D eigenvalue weighted by Gasteiger charge is 2.36. The molecular formula is C38H50N6O13. The number of aliphatic hydroxyl groups excluding tert-OH is 1. The summed E-state index contributed by atoms with van der Waals surface area (Å²) < 4.78 is 0. The van der Waals surface area contributed by atoms with Crippen molar-refractivity contribution in [1.29, 1.82) is 0 Å². The summed E-state index contributed by atoms with van der Waals surface area (Å²) in [7, 11) is 0. The van der Waals surface area contributed by atoms with Gasteiger partial charge in [-0.2, -0.15) is 0 Å². The zero-order valence-electron chi connectivity index (χ0n) is 31.9. The van der Waals surface area contributed by atoms with E-state index in [9.17, 15) is 63.6 Å². The van der Waals surface area contributed by atoms with Crippen molar-refractivity contribution in [2.75, 3.05) is 0 Å². The molecule has 19 nitrogen and oxygen atoms in total. The van der Waals surface area contributed by atoms with Gasteiger partial charge in [-0.3, -0.25) is 38.4 Å². The third-order valence-corrected chi connectivity index (χ3v) is 8.30. The molecule has 310 valence electrons. The number of amides is 6. The van der Waals surface area contributed by atoms with Gasteiger partial charge in [0.2, 0.25) is 35.4 Å². The van der Waals surface area contributed by atoms with Gasteiger partial charge in [0.1, 0.15) is 36.3 Å². The van der Waals surface area contributed by atoms with Gasteiger partial charge in [0.15, 0.2) is 0 Å². The molecule has 0 aliphatic carbocycles. The molecule has 7 atom stereocenters. The standard InChI is InChI=1S/C38H50N6O13/c1-20(2)15-25(42-37(55)32(21(3)45)44-36(54)26(39-22(4)46)16-23-11-7-5-8-12-23)33(51)40-27(18-30(47)48)34(52)41-28(19-31(49)50)35(53)43-29(38(56)57)17-24-13-9-6-10-14-24/h5-14,20-21,25-29,32,45H,15-19H2,1-4H3,(H,39,46)(H,40,51)(H,41,52)(H,42,55)(H,43,53)(H,44,54)(H,47,48)(H,49,50)(H,56,57)/t21-,25-,26-,27-,28-,29-,32-/m0/s1. The minimum Gasteiger partial charge on any atom is -0.481 e. The summed E-state index contributed by atoms with van der Waals surface area (Å²) >= 11 is 0. The Bertz CT molecular complexity index is 1740. The van der Waals surface area contributed by atoms with Crippen molar-refractivity contribution in [3.8, 4) is 0 Å². The Hall–Kier alpha value is -6.37. The van der Waals surface area contributed by atoms with Crippen LogP contribution in [0.1, 0.15) is 58.1 Å². The van der Waals surface area contributed by atoms with E-state index in [0.717, 1.165) is 0 Å². The highest BCUT2D eigenvalue weighted by Crippen LogP contribution is 2.10. The molecule has 0 unspecified atom stereocenters. The van der Waals surface area contributed by atoms with Crippen LogP contribution < -0.4 is 31.9 Å². The van der Waals surface area contributed by atoms with Gasteiger partial charge in [0, 0.05) is 19.8 Å². The minimum atomic E-state index is -1.94. The van der Waals surface area contributed by atoms with E-state index in [1.807, 2.05) is 0 Å². The number of aliphatic hydroxyl groups is 1. The second-order valence-electron chi connectivity index (χ2n) is 13.8. The molecule has 2 aromatic rings. The molecule has 0 aromatic heterocycles. The number of rotatable bonds is 23. The van der Waals surface area contributed by atoms with Crippen LogP contribution in [0.3, 0.4) is 0 Å². The van der Waals surface area contributed by atoms with E-state index in [0.29, 0.717) is 11.1 Å². The van der Waals surface area contributed by atoms with Crippen LogP contribution in [0.5, 0.6) is 0 Å². The molecule has 0 aliphatic heterocycles. The highest BCUT2D eigenvalue weighted by molar-refractivity contribution is 5.98. The molecule has 0 spiro atoms. The van der Waals surface area contributed by atoms with E-state index in [-0.39, 0.29) is 25.2 Å². The molecular weight excluding hydrogens is 748 g/mol. The number of carbonyl (C=O) groups excluding carboxylic acids is 6. The Balaban J connectivity index is 2.28. The first kappa shape index (κ1) is 46.8. The van der Waals surface area contributed by atoms with Gasteiger partial charge in [-0.15, -0.1) is 0 Å². The van der Waals surface area contributed by atoms with Crippen molar-refractivity contribution < 1.29 is 63.6 Å². The van der Waals surface area contributed by atoms with Crippen LogP contribution in [-0.2, 0) is 56.0 Å². The number of aliphatic carboxylic acids is 3. The Morgan fingerprint density at radius 2 is 0.895 bits per heavy atom. The summed E-state index contributed by atoms with van der Waals surface area (Å²) in [6.07, 6.45) is -3.89. The van der Waals surface area contributed by atoms with E-state index < -0.39 is 109 Å². The molecule has 57 heavy (non-hydrogen) atoms. The highest BCUT2D eigenvalue weighted by atomic mass is 16.4. The topological polar surface area (TPSA) is 307 Å². The summed E-state index contributed by atoms with van der Waals surface area (Å²) in [4.78, 5) is 114. The normalized spacial score (nSPS) is 14.6. The van der Waals surface area contributed by atoms with Crippen molar-refractivity contribution in [1.82, 2.24) is 31.9 Å². The lowest BCUT2D eigenvalue weighted by molar-refractivity contribution is -0.145. The lowest BCUT2D eigenvalue weighted by Crippen LogP contribution is -2.61. The van der Waals surface area contributed by atoms with Crippen LogP contribution in [0, 0.1) is 5.92 Å². The van der Waals surface area contributed by atoms with Gasteiger partial charge < -0.3 is 52.3 Å². The van der Waals surface area contributed by atoms with E-state index in [2.05, 4.69) is 31.9 Å². The van der Waals surface area contributed by atoms with Crippen LogP contribution >= 0.6 is 0 Å². The van der Waals surface area contributed by atoms with Crippen molar-refractivity contribution in [2.45, 2.75) is 102 Å². The summed E-state index contributed by atoms with van der Waals surface area (Å²) in [5.41, 5.74) is 1.20. The first-order valence-corrected chi connectivity index (χ1v) is 18.0. The first-order chi connectivity index (χ1) is 26.8. The second kappa shape index (κ2) is 22.9. The zero-order valence-corrected chi connectivity index (χ0v) is 31.9. The Labute approximate surface area is 328 Å². The summed E-state index contributed by atoms with van der Waals surface area (Å²) in [5.74, 6) is -10.9. The summed E-state index contributed by atoms with van der Waals surface area (Å²) in [6, 6.07) is 7.13. The third kappa shape index (κ3) is 16.9. The average Bonchev–Trinajstić information content (AvgIpc) is 3.12. The molecule has 2 aromatic carbocycles. The van der Waals surface area contributed by atoms with E-state index >= 15 is 0 Å². The van der Waals surface area contributed by atoms with Crippen molar-refractivity contribution in [3.05, 3.63) is 71.8 Å². The molecule has 0 fully saturated rings. The molecule has 0 aliphatic rings. The maximum Gasteiger partial charge on any atom is 0.326 e. The summed E-state index contributed by atoms with van der Waals surface area (Å²) in [6.45, 7) is 5.76. The maximum atomic E-state index is 13.6. The Morgan fingerprint density at radius 1 is 0.509 bits per heavy atom. The van der Waals surface area contributed by atoms with Crippen LogP contribution in [0.15, 0.2) is 60.7 Å². The van der Waals surface area contributed by atoms with Gasteiger partial charge in [0.05, 0.1) is 18.9 Å². The molecule has 0 saturated heterocycles. The van der Waals surface area contributed by atoms with Gasteiger partial charge in [-0.1, -0.05) is 74.5 Å². The fraction of sp³-hybridized carbons (Fsp3) is 0.447. The van der Waals surface area contributed by atoms with Gasteiger partial charge in [-0.05, 0) is 30.4 Å². The van der Waals surface area contributed by atoms with Crippen molar-refractivity contribution in [3.63, 3.8) is 0 Å². The average molecular weight is 799 g/mol.